The Morgan fingerprint density at radius 1 is 1.23 bits per heavy atom. The smallest absolute Gasteiger partial charge is 0.241 e. The predicted molar refractivity (Wildman–Crippen MR) is 112 cm³/mol. The van der Waals surface area contributed by atoms with E-state index >= 15 is 0 Å². The van der Waals surface area contributed by atoms with Crippen molar-refractivity contribution in [1.29, 1.82) is 0 Å². The van der Waals surface area contributed by atoms with Crippen molar-refractivity contribution in [2.75, 3.05) is 20.3 Å². The van der Waals surface area contributed by atoms with Crippen LogP contribution in [0.15, 0.2) is 42.9 Å². The van der Waals surface area contributed by atoms with Crippen molar-refractivity contribution in [1.82, 2.24) is 19.4 Å². The van der Waals surface area contributed by atoms with Crippen LogP contribution in [0.1, 0.15) is 25.0 Å². The molecule has 1 saturated heterocycles. The third kappa shape index (κ3) is 4.46. The molecule has 0 bridgehead atoms. The molecule has 30 heavy (non-hydrogen) atoms. The number of methoxy groups -OCH3 is 1. The molecule has 8 heteroatoms. The van der Waals surface area contributed by atoms with Crippen molar-refractivity contribution in [2.45, 2.75) is 45.6 Å². The molecule has 0 unspecified atom stereocenters. The fourth-order valence-corrected chi connectivity index (χ4v) is 3.96. The minimum atomic E-state index is -0.559. The summed E-state index contributed by atoms with van der Waals surface area (Å²) in [5.74, 6) is -0.111. The maximum absolute atomic E-state index is 9.83. The Labute approximate surface area is 176 Å². The second kappa shape index (κ2) is 8.69. The quantitative estimate of drug-likeness (QED) is 0.609. The van der Waals surface area contributed by atoms with Gasteiger partial charge < -0.3 is 23.9 Å². The number of hydrogen-bond acceptors (Lipinski definition) is 7. The van der Waals surface area contributed by atoms with Gasteiger partial charge in [0.1, 0.15) is 24.1 Å². The molecule has 3 heterocycles. The van der Waals surface area contributed by atoms with Crippen LogP contribution in [-0.4, -0.2) is 56.7 Å². The molecule has 1 aromatic carbocycles. The first-order valence-electron chi connectivity index (χ1n) is 10.0. The van der Waals surface area contributed by atoms with Crippen molar-refractivity contribution in [2.24, 2.45) is 0 Å². The molecule has 8 nitrogen and oxygen atoms in total. The second-order valence-corrected chi connectivity index (χ2v) is 7.95. The minimum Gasteiger partial charge on any atom is -0.479 e. The van der Waals surface area contributed by atoms with Crippen LogP contribution in [0.2, 0.25) is 0 Å². The van der Waals surface area contributed by atoms with Gasteiger partial charge in [-0.2, -0.15) is 4.98 Å². The normalized spacial score (nSPS) is 18.4. The molecule has 0 saturated carbocycles. The van der Waals surface area contributed by atoms with E-state index in [1.807, 2.05) is 38.2 Å². The summed E-state index contributed by atoms with van der Waals surface area (Å²) in [5, 5.41) is 9.83. The maximum atomic E-state index is 9.83. The first-order chi connectivity index (χ1) is 14.5. The number of fused-ring (bicyclic) bond motifs is 1. The van der Waals surface area contributed by atoms with E-state index in [2.05, 4.69) is 27.0 Å². The molecule has 1 aliphatic rings. The molecule has 0 amide bonds. The molecular weight excluding hydrogens is 384 g/mol. The summed E-state index contributed by atoms with van der Waals surface area (Å²) in [6, 6.07) is 10.3. The van der Waals surface area contributed by atoms with Crippen molar-refractivity contribution in [3.8, 4) is 5.88 Å². The molecule has 0 aliphatic carbocycles. The van der Waals surface area contributed by atoms with Gasteiger partial charge in [-0.05, 0) is 19.4 Å². The maximum Gasteiger partial charge on any atom is 0.241 e. The van der Waals surface area contributed by atoms with Crippen molar-refractivity contribution >= 4 is 11.0 Å². The van der Waals surface area contributed by atoms with E-state index in [1.165, 1.54) is 11.9 Å². The summed E-state index contributed by atoms with van der Waals surface area (Å²) in [6.45, 7) is 6.37. The monoisotopic (exact) mass is 412 g/mol. The lowest BCUT2D eigenvalue weighted by Gasteiger charge is -2.25. The van der Waals surface area contributed by atoms with Crippen LogP contribution >= 0.6 is 0 Å². The van der Waals surface area contributed by atoms with Crippen LogP contribution in [0.4, 0.5) is 0 Å². The van der Waals surface area contributed by atoms with E-state index in [0.29, 0.717) is 31.1 Å². The highest BCUT2D eigenvalue weighted by atomic mass is 16.7. The molecule has 0 radical (unpaired) electrons. The molecule has 1 aliphatic heterocycles. The Bertz CT molecular complexity index is 989. The van der Waals surface area contributed by atoms with E-state index in [9.17, 15) is 5.11 Å². The largest absolute Gasteiger partial charge is 0.479 e. The molecule has 160 valence electrons. The standard InChI is InChI=1S/C22H28N4O4/c1-22(2)29-13-18(30-22)12-25(9-16-7-5-4-6-8-16)10-17-11-26(15-27)20-19(17)23-14-24-21(20)28-3/h4-8,11,14,18,27H,9-10,12-13,15H2,1-3H3/t18-/m0/s1. The Hall–Kier alpha value is -2.52. The topological polar surface area (TPSA) is 81.9 Å². The van der Waals surface area contributed by atoms with E-state index < -0.39 is 5.79 Å². The Morgan fingerprint density at radius 2 is 2.03 bits per heavy atom. The minimum absolute atomic E-state index is 0.0148. The third-order valence-corrected chi connectivity index (χ3v) is 5.21. The van der Waals surface area contributed by atoms with Crippen LogP contribution in [-0.2, 0) is 29.3 Å². The number of aliphatic hydroxyl groups is 1. The fourth-order valence-electron chi connectivity index (χ4n) is 3.96. The van der Waals surface area contributed by atoms with Crippen LogP contribution in [0.5, 0.6) is 5.88 Å². The van der Waals surface area contributed by atoms with Crippen LogP contribution in [0.3, 0.4) is 0 Å². The molecule has 4 rings (SSSR count). The molecule has 1 fully saturated rings. The number of rotatable bonds is 8. The number of aliphatic hydroxyl groups excluding tert-OH is 1. The van der Waals surface area contributed by atoms with Crippen LogP contribution < -0.4 is 4.74 Å². The zero-order chi connectivity index (χ0) is 21.1. The first-order valence-corrected chi connectivity index (χ1v) is 10.0. The average Bonchev–Trinajstić information content (AvgIpc) is 3.27. The lowest BCUT2D eigenvalue weighted by atomic mass is 10.1. The summed E-state index contributed by atoms with van der Waals surface area (Å²) in [7, 11) is 1.57. The number of aromatic nitrogens is 3. The van der Waals surface area contributed by atoms with Crippen LogP contribution in [0, 0.1) is 0 Å². The summed E-state index contributed by atoms with van der Waals surface area (Å²) in [5.41, 5.74) is 3.68. The highest BCUT2D eigenvalue weighted by Gasteiger charge is 2.33. The Morgan fingerprint density at radius 3 is 2.70 bits per heavy atom. The van der Waals surface area contributed by atoms with Crippen molar-refractivity contribution in [3.05, 3.63) is 54.0 Å². The molecule has 2 aromatic heterocycles. The third-order valence-electron chi connectivity index (χ3n) is 5.21. The molecule has 1 atom stereocenters. The second-order valence-electron chi connectivity index (χ2n) is 7.95. The van der Waals surface area contributed by atoms with Gasteiger partial charge in [0.05, 0.1) is 19.8 Å². The lowest BCUT2D eigenvalue weighted by Crippen LogP contribution is -2.34. The molecular formula is C22H28N4O4. The van der Waals surface area contributed by atoms with Gasteiger partial charge in [-0.1, -0.05) is 30.3 Å². The highest BCUT2D eigenvalue weighted by Crippen LogP contribution is 2.28. The highest BCUT2D eigenvalue weighted by molar-refractivity contribution is 5.83. The zero-order valence-corrected chi connectivity index (χ0v) is 17.6. The fraction of sp³-hybridized carbons (Fsp3) is 0.455. The summed E-state index contributed by atoms with van der Waals surface area (Å²) < 4.78 is 18.9. The van der Waals surface area contributed by atoms with Crippen molar-refractivity contribution in [3.63, 3.8) is 0 Å². The molecule has 1 N–H and O–H groups in total. The summed E-state index contributed by atoms with van der Waals surface area (Å²) in [4.78, 5) is 11.0. The van der Waals surface area contributed by atoms with Gasteiger partial charge in [0.2, 0.25) is 5.88 Å². The predicted octanol–water partition coefficient (Wildman–Crippen LogP) is 2.54. The number of ether oxygens (including phenoxy) is 3. The lowest BCUT2D eigenvalue weighted by molar-refractivity contribution is -0.140. The van der Waals surface area contributed by atoms with Gasteiger partial charge in [-0.25, -0.2) is 4.98 Å². The van der Waals surface area contributed by atoms with Gasteiger partial charge in [0.15, 0.2) is 5.79 Å². The first kappa shape index (κ1) is 20.7. The summed E-state index contributed by atoms with van der Waals surface area (Å²) >= 11 is 0. The number of hydrogen-bond donors (Lipinski definition) is 1. The van der Waals surface area contributed by atoms with Gasteiger partial charge in [0, 0.05) is 31.4 Å². The number of benzene rings is 1. The van der Waals surface area contributed by atoms with E-state index in [4.69, 9.17) is 14.2 Å². The Balaban J connectivity index is 1.63. The van der Waals surface area contributed by atoms with Crippen LogP contribution in [0.25, 0.3) is 11.0 Å². The Kier molecular flexibility index (Phi) is 6.01. The van der Waals surface area contributed by atoms with Gasteiger partial charge in [-0.3, -0.25) is 4.90 Å². The molecule has 3 aromatic rings. The van der Waals surface area contributed by atoms with Gasteiger partial charge in [-0.15, -0.1) is 0 Å². The van der Waals surface area contributed by atoms with E-state index in [0.717, 1.165) is 17.6 Å². The van der Waals surface area contributed by atoms with E-state index in [-0.39, 0.29) is 12.8 Å². The SMILES string of the molecule is COc1ncnc2c(CN(Cc3ccccc3)C[C@H]3COC(C)(C)O3)cn(CO)c12. The number of nitrogens with zero attached hydrogens (tertiary/aromatic N) is 4. The van der Waals surface area contributed by atoms with E-state index in [1.54, 1.807) is 11.7 Å². The van der Waals surface area contributed by atoms with Crippen molar-refractivity contribution < 1.29 is 19.3 Å². The zero-order valence-electron chi connectivity index (χ0n) is 17.6. The summed E-state index contributed by atoms with van der Waals surface area (Å²) in [6.07, 6.45) is 3.39. The van der Waals surface area contributed by atoms with Gasteiger partial charge >= 0.3 is 0 Å². The molecule has 0 spiro atoms. The van der Waals surface area contributed by atoms with Gasteiger partial charge in [0.25, 0.3) is 0 Å². The average molecular weight is 412 g/mol.